The van der Waals surface area contributed by atoms with Gasteiger partial charge in [0.2, 0.25) is 0 Å². The molecule has 0 atom stereocenters. The van der Waals surface area contributed by atoms with Crippen molar-refractivity contribution in [1.82, 2.24) is 19.6 Å². The van der Waals surface area contributed by atoms with E-state index in [1.165, 1.54) is 0 Å². The van der Waals surface area contributed by atoms with E-state index in [-0.39, 0.29) is 0 Å². The Morgan fingerprint density at radius 1 is 1.12 bits per heavy atom. The normalized spacial score (nSPS) is 10.7. The van der Waals surface area contributed by atoms with E-state index < -0.39 is 0 Å². The molecule has 0 unspecified atom stereocenters. The number of rotatable bonds is 6. The first kappa shape index (κ1) is 18.7. The molecule has 0 bridgehead atoms. The number of benzene rings is 1. The fourth-order valence-electron chi connectivity index (χ4n) is 2.26. The molecule has 2 aromatic heterocycles. The van der Waals surface area contributed by atoms with Crippen LogP contribution in [-0.4, -0.2) is 31.8 Å². The molecule has 3 rings (SSSR count). The van der Waals surface area contributed by atoms with Crippen molar-refractivity contribution in [2.75, 3.05) is 17.7 Å². The molecule has 0 fully saturated rings. The second-order valence-corrected chi connectivity index (χ2v) is 6.68. The topological polar surface area (TPSA) is 68.9 Å². The average molecular weight is 411 g/mol. The summed E-state index contributed by atoms with van der Waals surface area (Å²) >= 11 is 17.4. The van der Waals surface area contributed by atoms with Crippen LogP contribution in [0.15, 0.2) is 43.0 Å². The number of anilines is 2. The van der Waals surface area contributed by atoms with Crippen molar-refractivity contribution >= 4 is 51.9 Å². The number of methoxy groups -OCH3 is 1. The lowest BCUT2D eigenvalue weighted by Crippen LogP contribution is -2.18. The number of hydrogen-bond donors (Lipinski definition) is 2. The minimum absolute atomic E-state index is 0.377. The monoisotopic (exact) mass is 410 g/mol. The van der Waals surface area contributed by atoms with Gasteiger partial charge >= 0.3 is 0 Å². The van der Waals surface area contributed by atoms with Gasteiger partial charge in [0.25, 0.3) is 0 Å². The quantitative estimate of drug-likeness (QED) is 0.601. The molecule has 10 heteroatoms. The van der Waals surface area contributed by atoms with Gasteiger partial charge in [-0.15, -0.1) is 0 Å². The summed E-state index contributed by atoms with van der Waals surface area (Å²) in [6.45, 7) is 0.906. The van der Waals surface area contributed by atoms with E-state index in [2.05, 4.69) is 20.8 Å². The van der Waals surface area contributed by atoms with Crippen LogP contribution in [0, 0.1) is 0 Å². The van der Waals surface area contributed by atoms with Crippen molar-refractivity contribution in [3.63, 3.8) is 0 Å². The summed E-state index contributed by atoms with van der Waals surface area (Å²) < 4.78 is 8.42. The fourth-order valence-corrected chi connectivity index (χ4v) is 2.97. The summed E-state index contributed by atoms with van der Waals surface area (Å²) in [7, 11) is 1.61. The van der Waals surface area contributed by atoms with Gasteiger partial charge in [-0.25, -0.2) is 4.68 Å². The number of nitrogens with zero attached hydrogens (tertiary/aromatic N) is 4. The highest BCUT2D eigenvalue weighted by Crippen LogP contribution is 2.22. The second kappa shape index (κ2) is 8.50. The van der Waals surface area contributed by atoms with E-state index in [4.69, 9.17) is 40.2 Å². The Labute approximate surface area is 165 Å². The lowest BCUT2D eigenvalue weighted by Gasteiger charge is -2.07. The molecule has 136 valence electrons. The van der Waals surface area contributed by atoms with Crippen LogP contribution in [0.25, 0.3) is 0 Å². The molecule has 0 amide bonds. The molecule has 7 nitrogen and oxygen atoms in total. The maximum absolute atomic E-state index is 6.20. The largest absolute Gasteiger partial charge is 0.362 e. The summed E-state index contributed by atoms with van der Waals surface area (Å²) in [6, 6.07) is 5.39. The van der Waals surface area contributed by atoms with Gasteiger partial charge in [-0.05, 0) is 29.9 Å². The highest BCUT2D eigenvalue weighted by Gasteiger charge is 2.06. The Hall–Kier alpha value is -2.13. The first-order valence-electron chi connectivity index (χ1n) is 7.59. The molecule has 0 saturated heterocycles. The maximum atomic E-state index is 6.20. The molecule has 3 aromatic rings. The third kappa shape index (κ3) is 4.95. The van der Waals surface area contributed by atoms with Crippen LogP contribution >= 0.6 is 35.4 Å². The van der Waals surface area contributed by atoms with Crippen LogP contribution in [0.1, 0.15) is 5.56 Å². The Balaban J connectivity index is 1.58. The predicted molar refractivity (Wildman–Crippen MR) is 107 cm³/mol. The van der Waals surface area contributed by atoms with Crippen molar-refractivity contribution in [2.24, 2.45) is 0 Å². The number of halogens is 2. The molecule has 0 radical (unpaired) electrons. The van der Waals surface area contributed by atoms with Crippen molar-refractivity contribution in [3.8, 4) is 0 Å². The number of ether oxygens (including phenoxy) is 1. The van der Waals surface area contributed by atoms with E-state index >= 15 is 0 Å². The summed E-state index contributed by atoms with van der Waals surface area (Å²) in [4.78, 5) is 0. The van der Waals surface area contributed by atoms with Crippen LogP contribution in [0.5, 0.6) is 0 Å². The molecule has 0 saturated carbocycles. The zero-order chi connectivity index (χ0) is 18.5. The highest BCUT2D eigenvalue weighted by atomic mass is 35.5. The molecule has 0 aliphatic carbocycles. The first-order chi connectivity index (χ1) is 12.5. The Bertz CT molecular complexity index is 910. The smallest absolute Gasteiger partial charge is 0.175 e. The van der Waals surface area contributed by atoms with Crippen molar-refractivity contribution in [2.45, 2.75) is 13.3 Å². The molecule has 2 heterocycles. The molecule has 0 aliphatic heterocycles. The average Bonchev–Trinajstić information content (AvgIpc) is 3.20. The lowest BCUT2D eigenvalue weighted by molar-refractivity contribution is 0.120. The SMILES string of the molecule is COCn1cc(NC(=S)Nc2cnn(Cc3ccc(Cl)cc3Cl)c2)cn1. The van der Waals surface area contributed by atoms with Crippen LogP contribution in [0.3, 0.4) is 0 Å². The zero-order valence-corrected chi connectivity index (χ0v) is 16.1. The van der Waals surface area contributed by atoms with Gasteiger partial charge in [-0.1, -0.05) is 29.3 Å². The fraction of sp³-hybridized carbons (Fsp3) is 0.188. The molecule has 0 aliphatic rings. The minimum Gasteiger partial charge on any atom is -0.362 e. The van der Waals surface area contributed by atoms with Crippen LogP contribution in [0.4, 0.5) is 11.4 Å². The standard InChI is InChI=1S/C16H16Cl2N6OS/c1-25-10-24-9-14(6-20-24)22-16(26)21-13-5-19-23(8-13)7-11-2-3-12(17)4-15(11)18/h2-6,8-9H,7,10H2,1H3,(H2,21,22,26). The van der Waals surface area contributed by atoms with Gasteiger partial charge in [-0.3, -0.25) is 4.68 Å². The number of nitrogens with one attached hydrogen (secondary N) is 2. The summed E-state index contributed by atoms with van der Waals surface area (Å²) in [6.07, 6.45) is 6.99. The van der Waals surface area contributed by atoms with Gasteiger partial charge in [0, 0.05) is 23.4 Å². The van der Waals surface area contributed by atoms with E-state index in [0.29, 0.717) is 28.4 Å². The van der Waals surface area contributed by atoms with E-state index in [1.54, 1.807) is 47.2 Å². The van der Waals surface area contributed by atoms with Gasteiger partial charge in [0.15, 0.2) is 5.11 Å². The number of hydrogen-bond acceptors (Lipinski definition) is 4. The van der Waals surface area contributed by atoms with Crippen LogP contribution in [0.2, 0.25) is 10.0 Å². The predicted octanol–water partition coefficient (Wildman–Crippen LogP) is 3.85. The van der Waals surface area contributed by atoms with Crippen molar-refractivity contribution < 1.29 is 4.74 Å². The second-order valence-electron chi connectivity index (χ2n) is 5.43. The van der Waals surface area contributed by atoms with E-state index in [9.17, 15) is 0 Å². The lowest BCUT2D eigenvalue weighted by atomic mass is 10.2. The van der Waals surface area contributed by atoms with Gasteiger partial charge < -0.3 is 15.4 Å². The minimum atomic E-state index is 0.377. The Kier molecular flexibility index (Phi) is 6.10. The summed E-state index contributed by atoms with van der Waals surface area (Å²) in [5, 5.41) is 16.2. The van der Waals surface area contributed by atoms with Crippen molar-refractivity contribution in [1.29, 1.82) is 0 Å². The molecular weight excluding hydrogens is 395 g/mol. The Morgan fingerprint density at radius 3 is 2.42 bits per heavy atom. The van der Waals surface area contributed by atoms with Crippen LogP contribution < -0.4 is 10.6 Å². The third-order valence-corrected chi connectivity index (χ3v) is 4.18. The van der Waals surface area contributed by atoms with Crippen LogP contribution in [-0.2, 0) is 18.0 Å². The highest BCUT2D eigenvalue weighted by molar-refractivity contribution is 7.80. The number of thiocarbonyl (C=S) groups is 1. The summed E-state index contributed by atoms with van der Waals surface area (Å²) in [5.41, 5.74) is 2.45. The van der Waals surface area contributed by atoms with E-state index in [0.717, 1.165) is 16.9 Å². The van der Waals surface area contributed by atoms with E-state index in [1.807, 2.05) is 12.3 Å². The van der Waals surface area contributed by atoms with Gasteiger partial charge in [0.1, 0.15) is 6.73 Å². The molecule has 2 N–H and O–H groups in total. The van der Waals surface area contributed by atoms with Crippen molar-refractivity contribution in [3.05, 3.63) is 58.6 Å². The molecular formula is C16H16Cl2N6OS. The maximum Gasteiger partial charge on any atom is 0.175 e. The summed E-state index contributed by atoms with van der Waals surface area (Å²) in [5.74, 6) is 0. The first-order valence-corrected chi connectivity index (χ1v) is 8.75. The molecule has 1 aromatic carbocycles. The molecule has 26 heavy (non-hydrogen) atoms. The zero-order valence-electron chi connectivity index (χ0n) is 13.8. The van der Waals surface area contributed by atoms with Gasteiger partial charge in [0.05, 0.1) is 36.5 Å². The number of aromatic nitrogens is 4. The Morgan fingerprint density at radius 2 is 1.77 bits per heavy atom. The van der Waals surface area contributed by atoms with Gasteiger partial charge in [-0.2, -0.15) is 10.2 Å². The molecule has 0 spiro atoms. The third-order valence-electron chi connectivity index (χ3n) is 3.39.